The van der Waals surface area contributed by atoms with Gasteiger partial charge >= 0.3 is 0 Å². The quantitative estimate of drug-likeness (QED) is 0.450. The van der Waals surface area contributed by atoms with E-state index in [1.165, 1.54) is 16.3 Å². The van der Waals surface area contributed by atoms with Crippen LogP contribution in [0.5, 0.6) is 0 Å². The van der Waals surface area contributed by atoms with Gasteiger partial charge in [0.2, 0.25) is 5.91 Å². The summed E-state index contributed by atoms with van der Waals surface area (Å²) in [6, 6.07) is 9.28. The highest BCUT2D eigenvalue weighted by Crippen LogP contribution is 2.24. The summed E-state index contributed by atoms with van der Waals surface area (Å²) in [7, 11) is 0. The molecule has 7 heteroatoms. The van der Waals surface area contributed by atoms with Crippen molar-refractivity contribution in [3.05, 3.63) is 47.3 Å². The van der Waals surface area contributed by atoms with E-state index in [0.717, 1.165) is 0 Å². The van der Waals surface area contributed by atoms with Crippen molar-refractivity contribution in [2.45, 2.75) is 50.2 Å². The third kappa shape index (κ3) is 4.40. The molecule has 142 valence electrons. The van der Waals surface area contributed by atoms with E-state index in [0.29, 0.717) is 22.6 Å². The largest absolute Gasteiger partial charge is 0.337 e. The van der Waals surface area contributed by atoms with Crippen molar-refractivity contribution < 1.29 is 4.79 Å². The van der Waals surface area contributed by atoms with E-state index >= 15 is 0 Å². The molecule has 2 aromatic rings. The SMILES string of the molecule is C=CCn1c(S[C@@H](C)C(=O)N[C@](C)(C#N)C(C)C)nc2ccccc2c1=O. The van der Waals surface area contributed by atoms with Crippen molar-refractivity contribution >= 4 is 28.6 Å². The number of benzene rings is 1. The van der Waals surface area contributed by atoms with Crippen molar-refractivity contribution in [3.8, 4) is 6.07 Å². The maximum absolute atomic E-state index is 12.8. The number of allylic oxidation sites excluding steroid dienone is 1. The standard InChI is InChI=1S/C20H24N4O2S/c1-6-11-24-18(26)15-9-7-8-10-16(15)22-19(24)27-14(4)17(25)23-20(5,12-21)13(2)3/h6-10,13-14H,1,11H2,2-5H3,(H,23,25)/t14-,20+/m0/s1. The lowest BCUT2D eigenvalue weighted by atomic mass is 9.90. The third-order valence-electron chi connectivity index (χ3n) is 4.56. The molecule has 6 nitrogen and oxygen atoms in total. The Balaban J connectivity index is 2.36. The highest BCUT2D eigenvalue weighted by atomic mass is 32.2. The van der Waals surface area contributed by atoms with Crippen molar-refractivity contribution in [2.75, 3.05) is 0 Å². The average Bonchev–Trinajstić information content (AvgIpc) is 2.64. The zero-order chi connectivity index (χ0) is 20.2. The Morgan fingerprint density at radius 1 is 1.44 bits per heavy atom. The molecule has 0 fully saturated rings. The minimum absolute atomic E-state index is 0.0404. The van der Waals surface area contributed by atoms with E-state index in [2.05, 4.69) is 22.9 Å². The van der Waals surface area contributed by atoms with Gasteiger partial charge in [0.15, 0.2) is 5.16 Å². The number of rotatable bonds is 7. The number of nitriles is 1. The Hall–Kier alpha value is -2.59. The molecular formula is C20H24N4O2S. The number of thioether (sulfide) groups is 1. The fraction of sp³-hybridized carbons (Fsp3) is 0.400. The normalized spacial score (nSPS) is 14.4. The smallest absolute Gasteiger partial charge is 0.262 e. The first-order valence-electron chi connectivity index (χ1n) is 8.74. The Bertz CT molecular complexity index is 961. The number of amides is 1. The van der Waals surface area contributed by atoms with Gasteiger partial charge in [0.25, 0.3) is 5.56 Å². The molecule has 2 atom stereocenters. The number of para-hydroxylation sites is 1. The second-order valence-corrected chi connectivity index (χ2v) is 8.14. The van der Waals surface area contributed by atoms with Crippen LogP contribution in [0.25, 0.3) is 10.9 Å². The third-order valence-corrected chi connectivity index (χ3v) is 5.65. The van der Waals surface area contributed by atoms with Gasteiger partial charge in [0.1, 0.15) is 5.54 Å². The molecule has 0 radical (unpaired) electrons. The monoisotopic (exact) mass is 384 g/mol. The van der Waals surface area contributed by atoms with E-state index < -0.39 is 10.8 Å². The molecule has 2 rings (SSSR count). The van der Waals surface area contributed by atoms with E-state index in [-0.39, 0.29) is 17.4 Å². The number of hydrogen-bond acceptors (Lipinski definition) is 5. The van der Waals surface area contributed by atoms with Crippen LogP contribution in [0.4, 0.5) is 0 Å². The van der Waals surface area contributed by atoms with Crippen LogP contribution >= 0.6 is 11.8 Å². The summed E-state index contributed by atoms with van der Waals surface area (Å²) in [5, 5.41) is 12.7. The number of carbonyl (C=O) groups is 1. The Morgan fingerprint density at radius 3 is 2.70 bits per heavy atom. The van der Waals surface area contributed by atoms with Crippen LogP contribution in [0.1, 0.15) is 27.7 Å². The molecule has 1 amide bonds. The highest BCUT2D eigenvalue weighted by Gasteiger charge is 2.32. The molecule has 0 aliphatic carbocycles. The lowest BCUT2D eigenvalue weighted by Crippen LogP contribution is -2.51. The van der Waals surface area contributed by atoms with Crippen LogP contribution in [-0.2, 0) is 11.3 Å². The number of carbonyl (C=O) groups excluding carboxylic acids is 1. The molecule has 1 aromatic heterocycles. The number of hydrogen-bond donors (Lipinski definition) is 1. The minimum Gasteiger partial charge on any atom is -0.337 e. The van der Waals surface area contributed by atoms with E-state index in [9.17, 15) is 14.9 Å². The first kappa shape index (κ1) is 20.7. The fourth-order valence-electron chi connectivity index (χ4n) is 2.40. The molecule has 0 spiro atoms. The van der Waals surface area contributed by atoms with Crippen LogP contribution in [0, 0.1) is 17.2 Å². The van der Waals surface area contributed by atoms with Gasteiger partial charge in [0, 0.05) is 6.54 Å². The molecule has 27 heavy (non-hydrogen) atoms. The first-order chi connectivity index (χ1) is 12.7. The topological polar surface area (TPSA) is 87.8 Å². The molecule has 0 unspecified atom stereocenters. The molecule has 1 heterocycles. The van der Waals surface area contributed by atoms with Gasteiger partial charge in [-0.15, -0.1) is 6.58 Å². The van der Waals surface area contributed by atoms with Gasteiger partial charge in [-0.1, -0.05) is 43.8 Å². The molecule has 0 saturated carbocycles. The molecule has 0 aliphatic rings. The lowest BCUT2D eigenvalue weighted by Gasteiger charge is -2.28. The van der Waals surface area contributed by atoms with Crippen LogP contribution in [0.3, 0.4) is 0 Å². The molecule has 1 N–H and O–H groups in total. The summed E-state index contributed by atoms with van der Waals surface area (Å²) in [5.74, 6) is -0.313. The highest BCUT2D eigenvalue weighted by molar-refractivity contribution is 8.00. The fourth-order valence-corrected chi connectivity index (χ4v) is 3.32. The van der Waals surface area contributed by atoms with Crippen molar-refractivity contribution in [1.82, 2.24) is 14.9 Å². The Labute approximate surface area is 163 Å². The lowest BCUT2D eigenvalue weighted by molar-refractivity contribution is -0.121. The van der Waals surface area contributed by atoms with Gasteiger partial charge in [-0.3, -0.25) is 14.2 Å². The summed E-state index contributed by atoms with van der Waals surface area (Å²) in [6.07, 6.45) is 1.62. The summed E-state index contributed by atoms with van der Waals surface area (Å²) in [4.78, 5) is 30.0. The molecule has 0 bridgehead atoms. The van der Waals surface area contributed by atoms with Crippen LogP contribution in [0.2, 0.25) is 0 Å². The summed E-state index contributed by atoms with van der Waals surface area (Å²) < 4.78 is 1.51. The molecule has 1 aromatic carbocycles. The number of aromatic nitrogens is 2. The molecule has 0 aliphatic heterocycles. The average molecular weight is 385 g/mol. The second-order valence-electron chi connectivity index (χ2n) is 6.83. The van der Waals surface area contributed by atoms with Crippen molar-refractivity contribution in [3.63, 3.8) is 0 Å². The maximum atomic E-state index is 12.8. The number of nitrogens with zero attached hydrogens (tertiary/aromatic N) is 3. The first-order valence-corrected chi connectivity index (χ1v) is 9.62. The molecule has 0 saturated heterocycles. The predicted molar refractivity (Wildman–Crippen MR) is 109 cm³/mol. The number of fused-ring (bicyclic) bond motifs is 1. The zero-order valence-corrected chi connectivity index (χ0v) is 16.8. The van der Waals surface area contributed by atoms with Crippen LogP contribution in [-0.4, -0.2) is 26.2 Å². The van der Waals surface area contributed by atoms with Gasteiger partial charge in [0.05, 0.1) is 22.2 Å². The van der Waals surface area contributed by atoms with Gasteiger partial charge < -0.3 is 5.32 Å². The second kappa shape index (κ2) is 8.40. The van der Waals surface area contributed by atoms with E-state index in [4.69, 9.17) is 0 Å². The van der Waals surface area contributed by atoms with Crippen molar-refractivity contribution in [2.24, 2.45) is 5.92 Å². The van der Waals surface area contributed by atoms with Gasteiger partial charge in [-0.25, -0.2) is 4.98 Å². The van der Waals surface area contributed by atoms with E-state index in [1.807, 2.05) is 19.9 Å². The predicted octanol–water partition coefficient (Wildman–Crippen LogP) is 3.12. The van der Waals surface area contributed by atoms with Crippen LogP contribution < -0.4 is 10.9 Å². The van der Waals surface area contributed by atoms with Gasteiger partial charge in [-0.2, -0.15) is 5.26 Å². The van der Waals surface area contributed by atoms with Crippen LogP contribution in [0.15, 0.2) is 46.9 Å². The molecular weight excluding hydrogens is 360 g/mol. The van der Waals surface area contributed by atoms with Crippen molar-refractivity contribution in [1.29, 1.82) is 5.26 Å². The Kier molecular flexibility index (Phi) is 6.45. The minimum atomic E-state index is -0.955. The Morgan fingerprint density at radius 2 is 2.11 bits per heavy atom. The maximum Gasteiger partial charge on any atom is 0.262 e. The van der Waals surface area contributed by atoms with Gasteiger partial charge in [-0.05, 0) is 31.9 Å². The summed E-state index contributed by atoms with van der Waals surface area (Å²) in [5.41, 5.74) is -0.537. The zero-order valence-electron chi connectivity index (χ0n) is 16.0. The summed E-state index contributed by atoms with van der Waals surface area (Å²) in [6.45, 7) is 11.2. The number of nitrogens with one attached hydrogen (secondary N) is 1. The summed E-state index contributed by atoms with van der Waals surface area (Å²) >= 11 is 1.19. The van der Waals surface area contributed by atoms with E-state index in [1.54, 1.807) is 38.1 Å².